The maximum Gasteiger partial charge on any atom is 0.338 e. The van der Waals surface area contributed by atoms with Gasteiger partial charge < -0.3 is 14.4 Å². The first-order chi connectivity index (χ1) is 14.8. The molecule has 2 aromatic carbocycles. The largest absolute Gasteiger partial charge is 0.496 e. The molecular formula is C21H23ClN2O6S. The van der Waals surface area contributed by atoms with Gasteiger partial charge in [0.1, 0.15) is 5.75 Å². The lowest BCUT2D eigenvalue weighted by Gasteiger charge is -2.18. The molecule has 0 bridgehead atoms. The van der Waals surface area contributed by atoms with Gasteiger partial charge in [-0.2, -0.15) is 0 Å². The second-order valence-electron chi connectivity index (χ2n) is 6.88. The average Bonchev–Trinajstić information content (AvgIpc) is 3.29. The summed E-state index contributed by atoms with van der Waals surface area (Å²) in [6, 6.07) is 8.21. The fourth-order valence-corrected chi connectivity index (χ4v) is 4.64. The number of sulfonamides is 1. The van der Waals surface area contributed by atoms with Gasteiger partial charge >= 0.3 is 5.97 Å². The number of esters is 1. The van der Waals surface area contributed by atoms with Crippen molar-refractivity contribution in [3.8, 4) is 5.75 Å². The molecule has 2 aromatic rings. The number of carbonyl (C=O) groups is 2. The van der Waals surface area contributed by atoms with E-state index in [1.807, 2.05) is 0 Å². The van der Waals surface area contributed by atoms with Gasteiger partial charge in [0.2, 0.25) is 0 Å². The van der Waals surface area contributed by atoms with Gasteiger partial charge in [-0.15, -0.1) is 0 Å². The van der Waals surface area contributed by atoms with Gasteiger partial charge in [-0.1, -0.05) is 11.6 Å². The molecule has 0 unspecified atom stereocenters. The Morgan fingerprint density at radius 3 is 2.45 bits per heavy atom. The van der Waals surface area contributed by atoms with E-state index in [1.54, 1.807) is 11.8 Å². The second-order valence-corrected chi connectivity index (χ2v) is 8.97. The third-order valence-electron chi connectivity index (χ3n) is 4.83. The number of hydrogen-bond acceptors (Lipinski definition) is 6. The predicted molar refractivity (Wildman–Crippen MR) is 116 cm³/mol. The number of rotatable bonds is 7. The Hall–Kier alpha value is -2.78. The van der Waals surface area contributed by atoms with Gasteiger partial charge in [-0.3, -0.25) is 9.52 Å². The minimum atomic E-state index is -4.06. The van der Waals surface area contributed by atoms with Crippen LogP contribution in [0.1, 0.15) is 40.5 Å². The van der Waals surface area contributed by atoms with Crippen LogP contribution in [0.2, 0.25) is 5.02 Å². The number of likely N-dealkylation sites (tertiary alicyclic amines) is 1. The van der Waals surface area contributed by atoms with Gasteiger partial charge in [0.25, 0.3) is 15.9 Å². The highest BCUT2D eigenvalue weighted by molar-refractivity contribution is 7.92. The maximum absolute atomic E-state index is 12.9. The van der Waals surface area contributed by atoms with Crippen molar-refractivity contribution in [2.75, 3.05) is 31.5 Å². The fraction of sp³-hybridized carbons (Fsp3) is 0.333. The van der Waals surface area contributed by atoms with E-state index >= 15 is 0 Å². The van der Waals surface area contributed by atoms with Crippen molar-refractivity contribution in [1.82, 2.24) is 4.90 Å². The lowest BCUT2D eigenvalue weighted by Crippen LogP contribution is -2.28. The summed E-state index contributed by atoms with van der Waals surface area (Å²) in [6.07, 6.45) is 1.82. The Kier molecular flexibility index (Phi) is 7.07. The minimum absolute atomic E-state index is 0.0380. The Morgan fingerprint density at radius 1 is 1.13 bits per heavy atom. The Balaban J connectivity index is 1.89. The molecule has 1 heterocycles. The van der Waals surface area contributed by atoms with Crippen LogP contribution >= 0.6 is 11.6 Å². The molecule has 0 spiro atoms. The van der Waals surface area contributed by atoms with E-state index in [4.69, 9.17) is 21.1 Å². The van der Waals surface area contributed by atoms with E-state index in [1.165, 1.54) is 43.5 Å². The summed E-state index contributed by atoms with van der Waals surface area (Å²) in [5, 5.41) is 0.0380. The number of amides is 1. The highest BCUT2D eigenvalue weighted by Crippen LogP contribution is 2.29. The van der Waals surface area contributed by atoms with Crippen molar-refractivity contribution in [1.29, 1.82) is 0 Å². The Labute approximate surface area is 186 Å². The summed E-state index contributed by atoms with van der Waals surface area (Å²) in [5.74, 6) is -0.532. The molecule has 0 aromatic heterocycles. The molecule has 31 heavy (non-hydrogen) atoms. The zero-order valence-electron chi connectivity index (χ0n) is 17.2. The number of halogens is 1. The molecule has 0 aliphatic carbocycles. The summed E-state index contributed by atoms with van der Waals surface area (Å²) in [6.45, 7) is 3.14. The van der Waals surface area contributed by atoms with Crippen LogP contribution in [0.3, 0.4) is 0 Å². The summed E-state index contributed by atoms with van der Waals surface area (Å²) in [5.41, 5.74) is 0.478. The zero-order chi connectivity index (χ0) is 22.6. The summed E-state index contributed by atoms with van der Waals surface area (Å²) >= 11 is 6.17. The summed E-state index contributed by atoms with van der Waals surface area (Å²) < 4.78 is 38.5. The quantitative estimate of drug-likeness (QED) is 0.626. The van der Waals surface area contributed by atoms with Crippen molar-refractivity contribution in [2.45, 2.75) is 24.7 Å². The van der Waals surface area contributed by atoms with Gasteiger partial charge in [0, 0.05) is 13.1 Å². The molecule has 0 saturated carbocycles. The van der Waals surface area contributed by atoms with Crippen LogP contribution in [-0.4, -0.2) is 52.0 Å². The highest BCUT2D eigenvalue weighted by Gasteiger charge is 2.25. The molecule has 0 atom stereocenters. The number of anilines is 1. The number of hydrogen-bond donors (Lipinski definition) is 1. The van der Waals surface area contributed by atoms with Crippen LogP contribution in [0.25, 0.3) is 0 Å². The lowest BCUT2D eigenvalue weighted by atomic mass is 10.1. The lowest BCUT2D eigenvalue weighted by molar-refractivity contribution is 0.0526. The van der Waals surface area contributed by atoms with Gasteiger partial charge in [-0.25, -0.2) is 13.2 Å². The maximum atomic E-state index is 12.9. The summed E-state index contributed by atoms with van der Waals surface area (Å²) in [4.78, 5) is 26.2. The van der Waals surface area contributed by atoms with Gasteiger partial charge in [-0.05, 0) is 56.2 Å². The van der Waals surface area contributed by atoms with Crippen LogP contribution in [-0.2, 0) is 14.8 Å². The van der Waals surface area contributed by atoms with Crippen LogP contribution in [0.4, 0.5) is 5.69 Å². The van der Waals surface area contributed by atoms with Crippen LogP contribution in [0, 0.1) is 0 Å². The molecule has 1 N–H and O–H groups in total. The summed E-state index contributed by atoms with van der Waals surface area (Å²) in [7, 11) is -2.64. The first-order valence-electron chi connectivity index (χ1n) is 9.73. The van der Waals surface area contributed by atoms with Crippen molar-refractivity contribution in [3.63, 3.8) is 0 Å². The minimum Gasteiger partial charge on any atom is -0.496 e. The first-order valence-corrected chi connectivity index (χ1v) is 11.6. The molecule has 1 saturated heterocycles. The number of nitrogens with one attached hydrogen (secondary N) is 1. The normalized spacial score (nSPS) is 13.7. The van der Waals surface area contributed by atoms with E-state index in [0.29, 0.717) is 18.8 Å². The van der Waals surface area contributed by atoms with Gasteiger partial charge in [0.05, 0.1) is 40.4 Å². The fourth-order valence-electron chi connectivity index (χ4n) is 3.25. The average molecular weight is 467 g/mol. The molecule has 1 amide bonds. The van der Waals surface area contributed by atoms with Crippen molar-refractivity contribution in [2.24, 2.45) is 0 Å². The van der Waals surface area contributed by atoms with Crippen LogP contribution in [0.15, 0.2) is 41.3 Å². The van der Waals surface area contributed by atoms with Gasteiger partial charge in [0.15, 0.2) is 0 Å². The predicted octanol–water partition coefficient (Wildman–Crippen LogP) is 3.56. The van der Waals surface area contributed by atoms with Crippen molar-refractivity contribution >= 4 is 39.2 Å². The number of benzene rings is 2. The first kappa shape index (κ1) is 22.9. The molecular weight excluding hydrogens is 444 g/mol. The van der Waals surface area contributed by atoms with Crippen LogP contribution in [0.5, 0.6) is 5.75 Å². The SMILES string of the molecule is CCOC(=O)c1ccc(NS(=O)(=O)c2ccc(OC)c(C(=O)N3CCCC3)c2)c(Cl)c1. The molecule has 3 rings (SSSR count). The molecule has 0 radical (unpaired) electrons. The number of carbonyl (C=O) groups excluding carboxylic acids is 2. The van der Waals surface area contributed by atoms with Crippen molar-refractivity contribution in [3.05, 3.63) is 52.5 Å². The van der Waals surface area contributed by atoms with E-state index in [9.17, 15) is 18.0 Å². The second kappa shape index (κ2) is 9.57. The molecule has 1 aliphatic heterocycles. The van der Waals surface area contributed by atoms with E-state index in [0.717, 1.165) is 12.8 Å². The third-order valence-corrected chi connectivity index (χ3v) is 6.51. The monoisotopic (exact) mass is 466 g/mol. The topological polar surface area (TPSA) is 102 Å². The number of methoxy groups -OCH3 is 1. The Bertz CT molecular complexity index is 1100. The molecule has 8 nitrogen and oxygen atoms in total. The van der Waals surface area contributed by atoms with E-state index in [2.05, 4.69) is 4.72 Å². The molecule has 10 heteroatoms. The number of nitrogens with zero attached hydrogens (tertiary/aromatic N) is 1. The smallest absolute Gasteiger partial charge is 0.338 e. The molecule has 1 aliphatic rings. The van der Waals surface area contributed by atoms with Crippen molar-refractivity contribution < 1.29 is 27.5 Å². The molecule has 1 fully saturated rings. The third kappa shape index (κ3) is 5.11. The van der Waals surface area contributed by atoms with Crippen LogP contribution < -0.4 is 9.46 Å². The zero-order valence-corrected chi connectivity index (χ0v) is 18.8. The van der Waals surface area contributed by atoms with E-state index < -0.39 is 16.0 Å². The standard InChI is InChI=1S/C21H23ClN2O6S/c1-3-30-21(26)14-6-8-18(17(22)12-14)23-31(27,28)15-7-9-19(29-2)16(13-15)20(25)24-10-4-5-11-24/h6-9,12-13,23H,3-5,10-11H2,1-2H3. The number of ether oxygens (including phenoxy) is 2. The Morgan fingerprint density at radius 2 is 1.84 bits per heavy atom. The highest BCUT2D eigenvalue weighted by atomic mass is 35.5. The van der Waals surface area contributed by atoms with E-state index in [-0.39, 0.29) is 39.2 Å². The molecule has 166 valence electrons.